The summed E-state index contributed by atoms with van der Waals surface area (Å²) in [6.45, 7) is 0.152. The number of aryl methyl sites for hydroxylation is 1. The van der Waals surface area contributed by atoms with Crippen molar-refractivity contribution in [1.82, 2.24) is 5.32 Å². The molecule has 2 atom stereocenters. The van der Waals surface area contributed by atoms with Gasteiger partial charge in [-0.15, -0.1) is 0 Å². The predicted molar refractivity (Wildman–Crippen MR) is 72.5 cm³/mol. The maximum Gasteiger partial charge on any atom is 0.267 e. The minimum Gasteiger partial charge on any atom is -0.391 e. The van der Waals surface area contributed by atoms with E-state index in [1.54, 1.807) is 0 Å². The average Bonchev–Trinajstić information content (AvgIpc) is 2.34. The SMILES string of the molecule is O=S(=O)(O)CC(O)CN[C@H]1CCCc2ccccc21. The van der Waals surface area contributed by atoms with Crippen LogP contribution < -0.4 is 5.32 Å². The fourth-order valence-corrected chi connectivity index (χ4v) is 3.15. The van der Waals surface area contributed by atoms with Gasteiger partial charge in [0.05, 0.1) is 6.10 Å². The molecule has 0 saturated carbocycles. The van der Waals surface area contributed by atoms with Crippen LogP contribution in [0.25, 0.3) is 0 Å². The van der Waals surface area contributed by atoms with Crippen molar-refractivity contribution >= 4 is 10.1 Å². The van der Waals surface area contributed by atoms with Gasteiger partial charge in [0.15, 0.2) is 0 Å². The third-order valence-corrected chi connectivity index (χ3v) is 4.18. The molecule has 6 heteroatoms. The number of rotatable bonds is 5. The standard InChI is InChI=1S/C13H19NO4S/c15-11(9-19(16,17)18)8-14-13-7-3-5-10-4-1-2-6-12(10)13/h1-2,4,6,11,13-15H,3,5,7-9H2,(H,16,17,18)/t11?,13-/m0/s1. The number of hydrogen-bond donors (Lipinski definition) is 3. The maximum atomic E-state index is 10.7. The summed E-state index contributed by atoms with van der Waals surface area (Å²) in [5.41, 5.74) is 2.52. The van der Waals surface area contributed by atoms with Crippen molar-refractivity contribution < 1.29 is 18.1 Å². The molecule has 0 radical (unpaired) electrons. The zero-order chi connectivity index (χ0) is 13.9. The summed E-state index contributed by atoms with van der Waals surface area (Å²) < 4.78 is 30.0. The van der Waals surface area contributed by atoms with Crippen LogP contribution in [0.15, 0.2) is 24.3 Å². The number of nitrogens with one attached hydrogen (secondary N) is 1. The van der Waals surface area contributed by atoms with E-state index < -0.39 is 22.0 Å². The molecule has 1 aliphatic rings. The molecule has 0 aromatic heterocycles. The molecule has 2 rings (SSSR count). The first-order valence-electron chi connectivity index (χ1n) is 6.40. The third kappa shape index (κ3) is 4.28. The minimum atomic E-state index is -4.13. The molecular weight excluding hydrogens is 266 g/mol. The van der Waals surface area contributed by atoms with E-state index in [2.05, 4.69) is 17.4 Å². The van der Waals surface area contributed by atoms with Crippen molar-refractivity contribution in [1.29, 1.82) is 0 Å². The molecule has 19 heavy (non-hydrogen) atoms. The lowest BCUT2D eigenvalue weighted by Gasteiger charge is -2.27. The Morgan fingerprint density at radius 1 is 1.37 bits per heavy atom. The molecule has 3 N–H and O–H groups in total. The smallest absolute Gasteiger partial charge is 0.267 e. The molecule has 0 bridgehead atoms. The average molecular weight is 285 g/mol. The van der Waals surface area contributed by atoms with E-state index >= 15 is 0 Å². The second-order valence-electron chi connectivity index (χ2n) is 4.95. The molecule has 0 amide bonds. The predicted octanol–water partition coefficient (Wildman–Crippen LogP) is 0.902. The quantitative estimate of drug-likeness (QED) is 0.700. The normalized spacial score (nSPS) is 20.8. The summed E-state index contributed by atoms with van der Waals surface area (Å²) in [4.78, 5) is 0. The Morgan fingerprint density at radius 3 is 2.84 bits per heavy atom. The molecule has 0 saturated heterocycles. The van der Waals surface area contributed by atoms with E-state index in [9.17, 15) is 13.5 Å². The van der Waals surface area contributed by atoms with Gasteiger partial charge in [0, 0.05) is 12.6 Å². The van der Waals surface area contributed by atoms with Gasteiger partial charge >= 0.3 is 0 Å². The Labute approximate surface area is 113 Å². The Bertz CT molecular complexity index is 529. The van der Waals surface area contributed by atoms with E-state index in [1.165, 1.54) is 11.1 Å². The first-order chi connectivity index (χ1) is 8.96. The number of fused-ring (bicyclic) bond motifs is 1. The van der Waals surface area contributed by atoms with Gasteiger partial charge in [-0.1, -0.05) is 24.3 Å². The topological polar surface area (TPSA) is 86.6 Å². The van der Waals surface area contributed by atoms with Crippen molar-refractivity contribution in [3.63, 3.8) is 0 Å². The second kappa shape index (κ2) is 6.00. The maximum absolute atomic E-state index is 10.7. The van der Waals surface area contributed by atoms with Crippen LogP contribution in [0.5, 0.6) is 0 Å². The van der Waals surface area contributed by atoms with Crippen LogP contribution in [0.2, 0.25) is 0 Å². The molecule has 0 spiro atoms. The van der Waals surface area contributed by atoms with Crippen LogP contribution in [-0.2, 0) is 16.5 Å². The van der Waals surface area contributed by atoms with E-state index in [0.29, 0.717) is 0 Å². The highest BCUT2D eigenvalue weighted by molar-refractivity contribution is 7.85. The molecule has 0 aliphatic heterocycles. The highest BCUT2D eigenvalue weighted by Gasteiger charge is 2.21. The van der Waals surface area contributed by atoms with Crippen molar-refractivity contribution in [3.8, 4) is 0 Å². The van der Waals surface area contributed by atoms with Gasteiger partial charge in [0.25, 0.3) is 10.1 Å². The molecule has 1 aliphatic carbocycles. The molecular formula is C13H19NO4S. The molecule has 1 unspecified atom stereocenters. The Kier molecular flexibility index (Phi) is 4.57. The fraction of sp³-hybridized carbons (Fsp3) is 0.538. The minimum absolute atomic E-state index is 0.140. The van der Waals surface area contributed by atoms with Gasteiger partial charge in [-0.2, -0.15) is 8.42 Å². The lowest BCUT2D eigenvalue weighted by atomic mass is 9.88. The molecule has 0 fully saturated rings. The highest BCUT2D eigenvalue weighted by Crippen LogP contribution is 2.29. The zero-order valence-corrected chi connectivity index (χ0v) is 11.4. The number of aliphatic hydroxyl groups is 1. The fourth-order valence-electron chi connectivity index (χ4n) is 2.55. The van der Waals surface area contributed by atoms with Gasteiger partial charge < -0.3 is 10.4 Å². The van der Waals surface area contributed by atoms with Gasteiger partial charge in [0.1, 0.15) is 5.75 Å². The Balaban J connectivity index is 1.94. The van der Waals surface area contributed by atoms with Gasteiger partial charge in [-0.25, -0.2) is 0 Å². The summed E-state index contributed by atoms with van der Waals surface area (Å²) >= 11 is 0. The number of hydrogen-bond acceptors (Lipinski definition) is 4. The van der Waals surface area contributed by atoms with Crippen molar-refractivity contribution in [2.24, 2.45) is 0 Å². The van der Waals surface area contributed by atoms with Gasteiger partial charge in [0.2, 0.25) is 0 Å². The van der Waals surface area contributed by atoms with Gasteiger partial charge in [-0.3, -0.25) is 4.55 Å². The first kappa shape index (κ1) is 14.5. The molecule has 5 nitrogen and oxygen atoms in total. The van der Waals surface area contributed by atoms with E-state index in [1.807, 2.05) is 12.1 Å². The summed E-state index contributed by atoms with van der Waals surface area (Å²) in [6.07, 6.45) is 2.00. The Hall–Kier alpha value is -0.950. The summed E-state index contributed by atoms with van der Waals surface area (Å²) in [5, 5.41) is 12.7. The summed E-state index contributed by atoms with van der Waals surface area (Å²) in [7, 11) is -4.13. The molecule has 0 heterocycles. The Morgan fingerprint density at radius 2 is 2.11 bits per heavy atom. The van der Waals surface area contributed by atoms with Crippen LogP contribution in [-0.4, -0.2) is 36.5 Å². The highest BCUT2D eigenvalue weighted by atomic mass is 32.2. The number of aliphatic hydroxyl groups excluding tert-OH is 1. The molecule has 106 valence electrons. The zero-order valence-electron chi connectivity index (χ0n) is 10.6. The third-order valence-electron chi connectivity index (χ3n) is 3.37. The van der Waals surface area contributed by atoms with Crippen molar-refractivity contribution in [2.45, 2.75) is 31.4 Å². The summed E-state index contributed by atoms with van der Waals surface area (Å²) in [5.74, 6) is -0.631. The van der Waals surface area contributed by atoms with Gasteiger partial charge in [-0.05, 0) is 30.4 Å². The monoisotopic (exact) mass is 285 g/mol. The lowest BCUT2D eigenvalue weighted by Crippen LogP contribution is -2.35. The van der Waals surface area contributed by atoms with E-state index in [0.717, 1.165) is 19.3 Å². The van der Waals surface area contributed by atoms with E-state index in [-0.39, 0.29) is 12.6 Å². The molecule has 1 aromatic carbocycles. The molecule has 1 aromatic rings. The summed E-state index contributed by atoms with van der Waals surface area (Å²) in [6, 6.07) is 8.28. The number of benzene rings is 1. The van der Waals surface area contributed by atoms with Crippen LogP contribution in [0, 0.1) is 0 Å². The van der Waals surface area contributed by atoms with Crippen LogP contribution >= 0.6 is 0 Å². The van der Waals surface area contributed by atoms with Crippen molar-refractivity contribution in [3.05, 3.63) is 35.4 Å². The van der Waals surface area contributed by atoms with Crippen LogP contribution in [0.3, 0.4) is 0 Å². The lowest BCUT2D eigenvalue weighted by molar-refractivity contribution is 0.184. The largest absolute Gasteiger partial charge is 0.391 e. The van der Waals surface area contributed by atoms with Crippen LogP contribution in [0.4, 0.5) is 0 Å². The van der Waals surface area contributed by atoms with E-state index in [4.69, 9.17) is 4.55 Å². The van der Waals surface area contributed by atoms with Crippen molar-refractivity contribution in [2.75, 3.05) is 12.3 Å². The van der Waals surface area contributed by atoms with Crippen LogP contribution in [0.1, 0.15) is 30.0 Å². The second-order valence-corrected chi connectivity index (χ2v) is 6.45. The first-order valence-corrected chi connectivity index (χ1v) is 8.01.